The molecule has 0 saturated carbocycles. The largest absolute Gasteiger partial charge is 0.444 e. The molecule has 0 fully saturated rings. The van der Waals surface area contributed by atoms with Gasteiger partial charge in [-0.15, -0.1) is 0 Å². The fourth-order valence-electron chi connectivity index (χ4n) is 3.02. The number of fused-ring (bicyclic) bond motifs is 3. The third-order valence-corrected chi connectivity index (χ3v) is 4.14. The Labute approximate surface area is 130 Å². The summed E-state index contributed by atoms with van der Waals surface area (Å²) in [5.41, 5.74) is 4.13. The summed E-state index contributed by atoms with van der Waals surface area (Å²) in [7, 11) is 1.83. The first-order valence-corrected chi connectivity index (χ1v) is 7.75. The molecule has 1 aliphatic rings. The number of nitrogens with zero attached hydrogens (tertiary/aromatic N) is 2. The fourth-order valence-corrected chi connectivity index (χ4v) is 3.02. The lowest BCUT2D eigenvalue weighted by Gasteiger charge is -2.32. The number of aromatic amines is 1. The number of ether oxygens (including phenoxy) is 1. The van der Waals surface area contributed by atoms with Gasteiger partial charge in [0.25, 0.3) is 0 Å². The summed E-state index contributed by atoms with van der Waals surface area (Å²) in [6, 6.07) is 4.14. The average Bonchev–Trinajstić information content (AvgIpc) is 2.82. The Hall–Kier alpha value is -2.04. The lowest BCUT2D eigenvalue weighted by atomic mass is 9.92. The maximum Gasteiger partial charge on any atom is 0.410 e. The number of aromatic nitrogens is 2. The van der Waals surface area contributed by atoms with Crippen LogP contribution >= 0.6 is 0 Å². The zero-order chi connectivity index (χ0) is 15.9. The summed E-state index contributed by atoms with van der Waals surface area (Å²) < 4.78 is 5.47. The number of rotatable bonds is 1. The van der Waals surface area contributed by atoms with Crippen molar-refractivity contribution in [3.63, 3.8) is 0 Å². The van der Waals surface area contributed by atoms with Gasteiger partial charge in [0.1, 0.15) is 5.60 Å². The van der Waals surface area contributed by atoms with Gasteiger partial charge in [0.15, 0.2) is 0 Å². The highest BCUT2D eigenvalue weighted by Crippen LogP contribution is 2.29. The molecule has 5 heteroatoms. The summed E-state index contributed by atoms with van der Waals surface area (Å²) in [6.45, 7) is 5.67. The van der Waals surface area contributed by atoms with Crippen LogP contribution in [-0.2, 0) is 17.6 Å². The minimum absolute atomic E-state index is 0.156. The SMILES string of the molecule is CN(C(=O)OC(C)(C)C)C1CCc2[nH]c3cccnc3c2C1. The molecule has 1 aliphatic carbocycles. The first kappa shape index (κ1) is 14.9. The van der Waals surface area contributed by atoms with Gasteiger partial charge in [-0.05, 0) is 52.2 Å². The number of hydrogen-bond acceptors (Lipinski definition) is 3. The molecule has 0 radical (unpaired) electrons. The number of hydrogen-bond donors (Lipinski definition) is 1. The normalized spacial score (nSPS) is 18.1. The van der Waals surface area contributed by atoms with Crippen LogP contribution in [0.5, 0.6) is 0 Å². The Morgan fingerprint density at radius 2 is 2.23 bits per heavy atom. The van der Waals surface area contributed by atoms with Crippen LogP contribution < -0.4 is 0 Å². The molecular weight excluding hydrogens is 278 g/mol. The van der Waals surface area contributed by atoms with Gasteiger partial charge in [0.2, 0.25) is 0 Å². The van der Waals surface area contributed by atoms with Crippen molar-refractivity contribution in [1.82, 2.24) is 14.9 Å². The topological polar surface area (TPSA) is 58.2 Å². The molecule has 2 aromatic rings. The molecule has 1 atom stereocenters. The van der Waals surface area contributed by atoms with Gasteiger partial charge in [0, 0.05) is 30.5 Å². The van der Waals surface area contributed by atoms with Gasteiger partial charge in [-0.1, -0.05) is 0 Å². The second-order valence-electron chi connectivity index (χ2n) is 6.97. The highest BCUT2D eigenvalue weighted by molar-refractivity contribution is 5.80. The molecular formula is C17H23N3O2. The minimum Gasteiger partial charge on any atom is -0.444 e. The molecule has 0 aromatic carbocycles. The average molecular weight is 301 g/mol. The maximum absolute atomic E-state index is 12.3. The fraction of sp³-hybridized carbons (Fsp3) is 0.529. The quantitative estimate of drug-likeness (QED) is 0.879. The maximum atomic E-state index is 12.3. The van der Waals surface area contributed by atoms with E-state index in [0.717, 1.165) is 30.3 Å². The van der Waals surface area contributed by atoms with E-state index in [0.29, 0.717) is 0 Å². The molecule has 5 nitrogen and oxygen atoms in total. The molecule has 0 aliphatic heterocycles. The van der Waals surface area contributed by atoms with Gasteiger partial charge >= 0.3 is 6.09 Å². The summed E-state index contributed by atoms with van der Waals surface area (Å²) in [5, 5.41) is 0. The zero-order valence-corrected chi connectivity index (χ0v) is 13.6. The van der Waals surface area contributed by atoms with Crippen molar-refractivity contribution in [2.45, 2.75) is 51.7 Å². The first-order valence-electron chi connectivity index (χ1n) is 7.75. The Kier molecular flexibility index (Phi) is 3.59. The van der Waals surface area contributed by atoms with Gasteiger partial charge in [-0.2, -0.15) is 0 Å². The summed E-state index contributed by atoms with van der Waals surface area (Å²) in [4.78, 5) is 21.9. The minimum atomic E-state index is -0.465. The molecule has 2 aromatic heterocycles. The summed E-state index contributed by atoms with van der Waals surface area (Å²) in [6.07, 6.45) is 4.26. The molecule has 2 heterocycles. The van der Waals surface area contributed by atoms with Crippen molar-refractivity contribution in [2.75, 3.05) is 7.05 Å². The van der Waals surface area contributed by atoms with E-state index >= 15 is 0 Å². The molecule has 0 spiro atoms. The predicted molar refractivity (Wildman–Crippen MR) is 85.9 cm³/mol. The van der Waals surface area contributed by atoms with E-state index in [9.17, 15) is 4.79 Å². The van der Waals surface area contributed by atoms with E-state index in [4.69, 9.17) is 4.74 Å². The van der Waals surface area contributed by atoms with Crippen molar-refractivity contribution in [3.05, 3.63) is 29.6 Å². The lowest BCUT2D eigenvalue weighted by Crippen LogP contribution is -2.43. The van der Waals surface area contributed by atoms with Crippen LogP contribution in [0.1, 0.15) is 38.4 Å². The van der Waals surface area contributed by atoms with Crippen LogP contribution in [0, 0.1) is 0 Å². The Morgan fingerprint density at radius 1 is 1.45 bits per heavy atom. The number of amides is 1. The van der Waals surface area contributed by atoms with E-state index in [1.807, 2.05) is 46.1 Å². The van der Waals surface area contributed by atoms with Crippen LogP contribution in [0.3, 0.4) is 0 Å². The molecule has 118 valence electrons. The smallest absolute Gasteiger partial charge is 0.410 e. The molecule has 3 rings (SSSR count). The number of H-pyrrole nitrogens is 1. The van der Waals surface area contributed by atoms with Crippen molar-refractivity contribution in [3.8, 4) is 0 Å². The number of pyridine rings is 1. The van der Waals surface area contributed by atoms with E-state index in [1.165, 1.54) is 11.3 Å². The van der Waals surface area contributed by atoms with Gasteiger partial charge in [-0.25, -0.2) is 4.79 Å². The predicted octanol–water partition coefficient (Wildman–Crippen LogP) is 3.29. The van der Waals surface area contributed by atoms with E-state index < -0.39 is 5.60 Å². The summed E-state index contributed by atoms with van der Waals surface area (Å²) in [5.74, 6) is 0. The second kappa shape index (κ2) is 5.30. The number of carbonyl (C=O) groups excluding carboxylic acids is 1. The number of nitrogens with one attached hydrogen (secondary N) is 1. The highest BCUT2D eigenvalue weighted by atomic mass is 16.6. The Morgan fingerprint density at radius 3 is 2.95 bits per heavy atom. The monoisotopic (exact) mass is 301 g/mol. The lowest BCUT2D eigenvalue weighted by molar-refractivity contribution is 0.0210. The van der Waals surface area contributed by atoms with Crippen molar-refractivity contribution in [1.29, 1.82) is 0 Å². The Balaban J connectivity index is 1.80. The van der Waals surface area contributed by atoms with Crippen molar-refractivity contribution in [2.24, 2.45) is 0 Å². The van der Waals surface area contributed by atoms with E-state index in [-0.39, 0.29) is 12.1 Å². The zero-order valence-electron chi connectivity index (χ0n) is 13.6. The third kappa shape index (κ3) is 2.80. The first-order chi connectivity index (χ1) is 10.3. The van der Waals surface area contributed by atoms with E-state index in [1.54, 1.807) is 4.90 Å². The molecule has 1 amide bonds. The molecule has 22 heavy (non-hydrogen) atoms. The van der Waals surface area contributed by atoms with Crippen molar-refractivity contribution < 1.29 is 9.53 Å². The van der Waals surface area contributed by atoms with Gasteiger partial charge < -0.3 is 14.6 Å². The standard InChI is InChI=1S/C17H23N3O2/c1-17(2,3)22-16(21)20(4)11-7-8-13-12(10-11)15-14(19-13)6-5-9-18-15/h5-6,9,11,19H,7-8,10H2,1-4H3. The number of likely N-dealkylation sites (N-methyl/N-ethyl adjacent to an activating group) is 1. The van der Waals surface area contributed by atoms with Crippen LogP contribution in [0.15, 0.2) is 18.3 Å². The number of carbonyl (C=O) groups is 1. The van der Waals surface area contributed by atoms with Crippen LogP contribution in [0.2, 0.25) is 0 Å². The van der Waals surface area contributed by atoms with Crippen LogP contribution in [-0.4, -0.2) is 39.7 Å². The summed E-state index contributed by atoms with van der Waals surface area (Å²) >= 11 is 0. The van der Waals surface area contributed by atoms with Gasteiger partial charge in [-0.3, -0.25) is 4.98 Å². The van der Waals surface area contributed by atoms with Crippen molar-refractivity contribution >= 4 is 17.1 Å². The number of aryl methyl sites for hydroxylation is 1. The van der Waals surface area contributed by atoms with E-state index in [2.05, 4.69) is 9.97 Å². The highest BCUT2D eigenvalue weighted by Gasteiger charge is 2.30. The van der Waals surface area contributed by atoms with Gasteiger partial charge in [0.05, 0.1) is 11.0 Å². The molecule has 0 bridgehead atoms. The van der Waals surface area contributed by atoms with Crippen LogP contribution in [0.4, 0.5) is 4.79 Å². The molecule has 0 saturated heterocycles. The molecule has 1 N–H and O–H groups in total. The third-order valence-electron chi connectivity index (χ3n) is 4.14. The van der Waals surface area contributed by atoms with Crippen LogP contribution in [0.25, 0.3) is 11.0 Å². The second-order valence-corrected chi connectivity index (χ2v) is 6.97. The molecule has 1 unspecified atom stereocenters. The Bertz CT molecular complexity index is 699.